The van der Waals surface area contributed by atoms with Crippen LogP contribution in [0.15, 0.2) is 0 Å². The van der Waals surface area contributed by atoms with Gasteiger partial charge in [0, 0.05) is 31.1 Å². The number of hydrogen-bond donors (Lipinski definition) is 1. The fourth-order valence-electron chi connectivity index (χ4n) is 0. The van der Waals surface area contributed by atoms with E-state index in [9.17, 15) is 4.57 Å². The van der Waals surface area contributed by atoms with Crippen molar-refractivity contribution in [1.29, 1.82) is 0 Å². The van der Waals surface area contributed by atoms with Gasteiger partial charge in [-0.05, 0) is 0 Å². The summed E-state index contributed by atoms with van der Waals surface area (Å²) in [5.41, 5.74) is 0. The second kappa shape index (κ2) is 3.66. The Morgan fingerprint density at radius 2 is 1.86 bits per heavy atom. The molecule has 0 aliphatic carbocycles. The van der Waals surface area contributed by atoms with Crippen LogP contribution < -0.4 is 0 Å². The molecular formula is C2H7CrO3P. The molecule has 0 aromatic rings. The van der Waals surface area contributed by atoms with Crippen molar-refractivity contribution in [2.75, 3.05) is 13.8 Å². The van der Waals surface area contributed by atoms with E-state index in [1.165, 1.54) is 7.11 Å². The molecular weight excluding hydrogens is 155 g/mol. The molecule has 0 fully saturated rings. The van der Waals surface area contributed by atoms with E-state index >= 15 is 0 Å². The third-order valence-electron chi connectivity index (χ3n) is 0.339. The zero-order chi connectivity index (χ0) is 5.21. The van der Waals surface area contributed by atoms with E-state index < -0.39 is 7.60 Å². The molecule has 0 aromatic carbocycles. The smallest absolute Gasteiger partial charge is 0.324 e. The maximum atomic E-state index is 9.92. The van der Waals surface area contributed by atoms with Crippen molar-refractivity contribution in [3.63, 3.8) is 0 Å². The third-order valence-corrected chi connectivity index (χ3v) is 1.02. The summed E-state index contributed by atoms with van der Waals surface area (Å²) in [4.78, 5) is 8.16. The monoisotopic (exact) mass is 162 g/mol. The SMILES string of the molecule is COP(C)(=O)O.[Cr]. The largest absolute Gasteiger partial charge is 0.324 e. The standard InChI is InChI=1S/C2H7O3P.Cr/c1-5-6(2,3)4;/h1-2H3,(H,3,4);. The Hall–Kier alpha value is 0.682. The minimum absolute atomic E-state index is 0. The first-order chi connectivity index (χ1) is 2.56. The molecule has 1 unspecified atom stereocenters. The van der Waals surface area contributed by atoms with Crippen LogP contribution in [0.4, 0.5) is 0 Å². The summed E-state index contributed by atoms with van der Waals surface area (Å²) in [6.45, 7) is 1.13. The van der Waals surface area contributed by atoms with Gasteiger partial charge in [0.1, 0.15) is 0 Å². The molecule has 0 rings (SSSR count). The molecule has 1 N–H and O–H groups in total. The zero-order valence-electron chi connectivity index (χ0n) is 4.12. The second-order valence-electron chi connectivity index (χ2n) is 0.986. The number of hydrogen-bond acceptors (Lipinski definition) is 2. The van der Waals surface area contributed by atoms with Gasteiger partial charge in [0.15, 0.2) is 0 Å². The van der Waals surface area contributed by atoms with Gasteiger partial charge < -0.3 is 9.42 Å². The quantitative estimate of drug-likeness (QED) is 0.569. The summed E-state index contributed by atoms with van der Waals surface area (Å²) in [7, 11) is -1.95. The molecule has 5 heteroatoms. The molecule has 44 valence electrons. The molecule has 0 heterocycles. The second-order valence-corrected chi connectivity index (χ2v) is 2.96. The summed E-state index contributed by atoms with van der Waals surface area (Å²) in [5, 5.41) is 0. The van der Waals surface area contributed by atoms with E-state index in [0.29, 0.717) is 0 Å². The molecule has 0 aromatic heterocycles. The van der Waals surface area contributed by atoms with E-state index in [2.05, 4.69) is 4.52 Å². The number of rotatable bonds is 1. The van der Waals surface area contributed by atoms with E-state index in [4.69, 9.17) is 4.89 Å². The van der Waals surface area contributed by atoms with Crippen molar-refractivity contribution in [3.8, 4) is 0 Å². The van der Waals surface area contributed by atoms with Crippen LogP contribution in [0.3, 0.4) is 0 Å². The maximum absolute atomic E-state index is 9.92. The van der Waals surface area contributed by atoms with Crippen LogP contribution in [-0.2, 0) is 26.4 Å². The zero-order valence-corrected chi connectivity index (χ0v) is 6.29. The Labute approximate surface area is 53.3 Å². The van der Waals surface area contributed by atoms with Crippen LogP contribution in [0.25, 0.3) is 0 Å². The van der Waals surface area contributed by atoms with Crippen molar-refractivity contribution in [2.45, 2.75) is 0 Å². The van der Waals surface area contributed by atoms with Crippen molar-refractivity contribution in [1.82, 2.24) is 0 Å². The molecule has 3 nitrogen and oxygen atoms in total. The van der Waals surface area contributed by atoms with Gasteiger partial charge in [0.25, 0.3) is 0 Å². The Morgan fingerprint density at radius 1 is 1.71 bits per heavy atom. The van der Waals surface area contributed by atoms with Crippen LogP contribution in [-0.4, -0.2) is 18.7 Å². The Balaban J connectivity index is 0. The Bertz CT molecular complexity index is 77.0. The van der Waals surface area contributed by atoms with Crippen LogP contribution in [0.2, 0.25) is 0 Å². The predicted molar refractivity (Wildman–Crippen MR) is 22.8 cm³/mol. The predicted octanol–water partition coefficient (Wildman–Crippen LogP) is 0.445. The fourth-order valence-corrected chi connectivity index (χ4v) is 0. The molecule has 0 radical (unpaired) electrons. The van der Waals surface area contributed by atoms with Crippen molar-refractivity contribution < 1.29 is 31.3 Å². The maximum Gasteiger partial charge on any atom is 0.324 e. The molecule has 0 bridgehead atoms. The first kappa shape index (κ1) is 10.6. The van der Waals surface area contributed by atoms with Gasteiger partial charge in [-0.2, -0.15) is 0 Å². The van der Waals surface area contributed by atoms with E-state index in [1.807, 2.05) is 0 Å². The van der Waals surface area contributed by atoms with Gasteiger partial charge in [-0.3, -0.25) is 4.57 Å². The molecule has 0 amide bonds. The first-order valence-corrected chi connectivity index (χ1v) is 3.45. The van der Waals surface area contributed by atoms with Gasteiger partial charge >= 0.3 is 7.60 Å². The molecule has 0 spiro atoms. The topological polar surface area (TPSA) is 46.5 Å². The molecule has 0 saturated heterocycles. The van der Waals surface area contributed by atoms with Gasteiger partial charge in [-0.25, -0.2) is 0 Å². The van der Waals surface area contributed by atoms with Gasteiger partial charge in [0.05, 0.1) is 0 Å². The normalized spacial score (nSPS) is 17.0. The minimum atomic E-state index is -3.15. The third kappa shape index (κ3) is 10.8. The van der Waals surface area contributed by atoms with Crippen LogP contribution in [0.1, 0.15) is 0 Å². The van der Waals surface area contributed by atoms with Crippen LogP contribution in [0, 0.1) is 0 Å². The Kier molecular flexibility index (Phi) is 5.55. The molecule has 0 aliphatic heterocycles. The van der Waals surface area contributed by atoms with Crippen molar-refractivity contribution in [3.05, 3.63) is 0 Å². The van der Waals surface area contributed by atoms with Crippen LogP contribution >= 0.6 is 7.60 Å². The molecule has 0 saturated carbocycles. The van der Waals surface area contributed by atoms with E-state index in [1.54, 1.807) is 0 Å². The summed E-state index contributed by atoms with van der Waals surface area (Å²) < 4.78 is 14.0. The summed E-state index contributed by atoms with van der Waals surface area (Å²) >= 11 is 0. The fraction of sp³-hybridized carbons (Fsp3) is 1.00. The first-order valence-electron chi connectivity index (χ1n) is 1.42. The van der Waals surface area contributed by atoms with Gasteiger partial charge in [0.2, 0.25) is 0 Å². The van der Waals surface area contributed by atoms with Crippen molar-refractivity contribution >= 4 is 7.60 Å². The van der Waals surface area contributed by atoms with Crippen molar-refractivity contribution in [2.24, 2.45) is 0 Å². The van der Waals surface area contributed by atoms with E-state index in [0.717, 1.165) is 6.66 Å². The average molecular weight is 162 g/mol. The van der Waals surface area contributed by atoms with E-state index in [-0.39, 0.29) is 17.4 Å². The molecule has 1 atom stereocenters. The summed E-state index contributed by atoms with van der Waals surface area (Å²) in [5.74, 6) is 0. The molecule has 0 aliphatic rings. The molecule has 7 heavy (non-hydrogen) atoms. The summed E-state index contributed by atoms with van der Waals surface area (Å²) in [6.07, 6.45) is 0. The minimum Gasteiger partial charge on any atom is -0.324 e. The van der Waals surface area contributed by atoms with Gasteiger partial charge in [-0.15, -0.1) is 0 Å². The van der Waals surface area contributed by atoms with Crippen LogP contribution in [0.5, 0.6) is 0 Å². The average Bonchev–Trinajstić information content (AvgIpc) is 1.35. The Morgan fingerprint density at radius 3 is 1.86 bits per heavy atom. The van der Waals surface area contributed by atoms with Gasteiger partial charge in [-0.1, -0.05) is 0 Å². The summed E-state index contributed by atoms with van der Waals surface area (Å²) in [6, 6.07) is 0.